The highest BCUT2D eigenvalue weighted by molar-refractivity contribution is 7.89. The van der Waals surface area contributed by atoms with Crippen LogP contribution in [0.25, 0.3) is 0 Å². The van der Waals surface area contributed by atoms with Crippen molar-refractivity contribution < 1.29 is 18.0 Å². The SMILES string of the molecule is CCCCc1ccc(C(=O)N2CCN(S(=O)(=O)c3cc(C(N)=O)n(C)c3)CC2)cc1. The third-order valence-electron chi connectivity index (χ3n) is 5.42. The van der Waals surface area contributed by atoms with Crippen molar-refractivity contribution in [3.63, 3.8) is 0 Å². The summed E-state index contributed by atoms with van der Waals surface area (Å²) in [5.74, 6) is -0.778. The first-order valence-corrected chi connectivity index (χ1v) is 11.5. The van der Waals surface area contributed by atoms with E-state index < -0.39 is 15.9 Å². The van der Waals surface area contributed by atoms with Gasteiger partial charge in [0.2, 0.25) is 10.0 Å². The first-order chi connectivity index (χ1) is 14.2. The molecule has 1 aromatic heterocycles. The third-order valence-corrected chi connectivity index (χ3v) is 7.28. The average molecular weight is 433 g/mol. The first-order valence-electron chi connectivity index (χ1n) is 10.1. The van der Waals surface area contributed by atoms with Crippen LogP contribution in [0.2, 0.25) is 0 Å². The molecule has 0 aliphatic carbocycles. The van der Waals surface area contributed by atoms with Crippen molar-refractivity contribution in [2.75, 3.05) is 26.2 Å². The molecule has 1 aromatic carbocycles. The van der Waals surface area contributed by atoms with Gasteiger partial charge in [-0.25, -0.2) is 8.42 Å². The standard InChI is InChI=1S/C21H28N4O4S/c1-3-4-5-16-6-8-17(9-7-16)21(27)24-10-12-25(13-11-24)30(28,29)18-14-19(20(22)26)23(2)15-18/h6-9,14-15H,3-5,10-13H2,1-2H3,(H2,22,26). The molecule has 3 rings (SSSR count). The Hall–Kier alpha value is -2.65. The van der Waals surface area contributed by atoms with Crippen molar-refractivity contribution in [1.82, 2.24) is 13.8 Å². The number of nitrogens with two attached hydrogens (primary N) is 1. The minimum Gasteiger partial charge on any atom is -0.364 e. The number of primary amides is 1. The van der Waals surface area contributed by atoms with E-state index in [9.17, 15) is 18.0 Å². The number of hydrogen-bond acceptors (Lipinski definition) is 4. The fourth-order valence-corrected chi connectivity index (χ4v) is 5.07. The molecule has 0 saturated carbocycles. The number of nitrogens with zero attached hydrogens (tertiary/aromatic N) is 3. The van der Waals surface area contributed by atoms with Gasteiger partial charge in [-0.2, -0.15) is 4.31 Å². The van der Waals surface area contributed by atoms with Crippen LogP contribution in [0, 0.1) is 0 Å². The molecule has 30 heavy (non-hydrogen) atoms. The summed E-state index contributed by atoms with van der Waals surface area (Å²) in [7, 11) is -2.19. The van der Waals surface area contributed by atoms with Gasteiger partial charge in [-0.05, 0) is 36.6 Å². The molecule has 2 N–H and O–H groups in total. The number of aryl methyl sites for hydroxylation is 2. The molecule has 1 aliphatic rings. The predicted octanol–water partition coefficient (Wildman–Crippen LogP) is 1.61. The number of piperazine rings is 1. The predicted molar refractivity (Wildman–Crippen MR) is 114 cm³/mol. The highest BCUT2D eigenvalue weighted by atomic mass is 32.2. The van der Waals surface area contributed by atoms with Gasteiger partial charge in [0.1, 0.15) is 10.6 Å². The molecule has 2 aromatic rings. The Balaban J connectivity index is 1.64. The average Bonchev–Trinajstić information content (AvgIpc) is 3.15. The molecule has 0 unspecified atom stereocenters. The van der Waals surface area contributed by atoms with Crippen molar-refractivity contribution in [2.45, 2.75) is 31.1 Å². The van der Waals surface area contributed by atoms with Crippen molar-refractivity contribution in [1.29, 1.82) is 0 Å². The fourth-order valence-electron chi connectivity index (χ4n) is 3.58. The van der Waals surface area contributed by atoms with Gasteiger partial charge in [-0.1, -0.05) is 25.5 Å². The minimum absolute atomic E-state index is 0.0289. The van der Waals surface area contributed by atoms with E-state index in [-0.39, 0.29) is 29.6 Å². The van der Waals surface area contributed by atoms with E-state index >= 15 is 0 Å². The van der Waals surface area contributed by atoms with Crippen LogP contribution in [0.5, 0.6) is 0 Å². The van der Waals surface area contributed by atoms with E-state index in [0.29, 0.717) is 18.7 Å². The molecular formula is C21H28N4O4S. The van der Waals surface area contributed by atoms with Crippen molar-refractivity contribution in [3.8, 4) is 0 Å². The van der Waals surface area contributed by atoms with Gasteiger partial charge in [-0.15, -0.1) is 0 Å². The first kappa shape index (κ1) is 22.0. The number of carbonyl (C=O) groups excluding carboxylic acids is 2. The molecule has 2 amide bonds. The van der Waals surface area contributed by atoms with Gasteiger partial charge in [0.05, 0.1) is 0 Å². The van der Waals surface area contributed by atoms with Crippen LogP contribution in [0.4, 0.5) is 0 Å². The summed E-state index contributed by atoms with van der Waals surface area (Å²) in [5, 5.41) is 0. The van der Waals surface area contributed by atoms with Crippen molar-refractivity contribution >= 4 is 21.8 Å². The molecule has 1 fully saturated rings. The van der Waals surface area contributed by atoms with E-state index in [1.54, 1.807) is 11.9 Å². The van der Waals surface area contributed by atoms with E-state index in [1.807, 2.05) is 24.3 Å². The Morgan fingerprint density at radius 3 is 2.23 bits per heavy atom. The zero-order valence-electron chi connectivity index (χ0n) is 17.4. The summed E-state index contributed by atoms with van der Waals surface area (Å²) in [5.41, 5.74) is 7.23. The monoisotopic (exact) mass is 432 g/mol. The Kier molecular flexibility index (Phi) is 6.62. The zero-order valence-corrected chi connectivity index (χ0v) is 18.2. The summed E-state index contributed by atoms with van der Waals surface area (Å²) >= 11 is 0. The Bertz CT molecular complexity index is 1020. The number of carbonyl (C=O) groups is 2. The maximum atomic E-state index is 12.9. The van der Waals surface area contributed by atoms with Crippen molar-refractivity contribution in [3.05, 3.63) is 53.3 Å². The van der Waals surface area contributed by atoms with E-state index in [1.165, 1.54) is 26.7 Å². The van der Waals surface area contributed by atoms with Crippen LogP contribution in [0.1, 0.15) is 46.2 Å². The van der Waals surface area contributed by atoms with Gasteiger partial charge < -0.3 is 15.2 Å². The highest BCUT2D eigenvalue weighted by Crippen LogP contribution is 2.21. The second-order valence-electron chi connectivity index (χ2n) is 7.53. The summed E-state index contributed by atoms with van der Waals surface area (Å²) < 4.78 is 28.5. The van der Waals surface area contributed by atoms with Crippen LogP contribution in [0.3, 0.4) is 0 Å². The van der Waals surface area contributed by atoms with Crippen molar-refractivity contribution in [2.24, 2.45) is 12.8 Å². The van der Waals surface area contributed by atoms with Gasteiger partial charge >= 0.3 is 0 Å². The number of unbranched alkanes of at least 4 members (excludes halogenated alkanes) is 1. The van der Waals surface area contributed by atoms with Gasteiger partial charge in [-0.3, -0.25) is 9.59 Å². The molecule has 2 heterocycles. The Labute approximate surface area is 177 Å². The van der Waals surface area contributed by atoms with Gasteiger partial charge in [0.25, 0.3) is 11.8 Å². The molecule has 162 valence electrons. The summed E-state index contributed by atoms with van der Waals surface area (Å²) in [6.45, 7) is 3.16. The lowest BCUT2D eigenvalue weighted by Crippen LogP contribution is -2.50. The largest absolute Gasteiger partial charge is 0.364 e. The van der Waals surface area contributed by atoms with Crippen LogP contribution < -0.4 is 5.73 Å². The molecule has 0 radical (unpaired) electrons. The lowest BCUT2D eigenvalue weighted by Gasteiger charge is -2.33. The zero-order chi connectivity index (χ0) is 21.9. The maximum Gasteiger partial charge on any atom is 0.265 e. The van der Waals surface area contributed by atoms with Gasteiger partial charge in [0, 0.05) is 45.0 Å². The lowest BCUT2D eigenvalue weighted by molar-refractivity contribution is 0.0697. The Morgan fingerprint density at radius 2 is 1.70 bits per heavy atom. The summed E-state index contributed by atoms with van der Waals surface area (Å²) in [6.07, 6.45) is 4.62. The molecular weight excluding hydrogens is 404 g/mol. The molecule has 9 heteroatoms. The van der Waals surface area contributed by atoms with Crippen LogP contribution in [-0.2, 0) is 23.5 Å². The summed E-state index contributed by atoms with van der Waals surface area (Å²) in [4.78, 5) is 25.9. The number of benzene rings is 1. The van der Waals surface area contributed by atoms with Crippen LogP contribution in [0.15, 0.2) is 41.4 Å². The second kappa shape index (κ2) is 9.01. The lowest BCUT2D eigenvalue weighted by atomic mass is 10.1. The second-order valence-corrected chi connectivity index (χ2v) is 9.47. The van der Waals surface area contributed by atoms with E-state index in [0.717, 1.165) is 19.3 Å². The number of rotatable bonds is 7. The smallest absolute Gasteiger partial charge is 0.265 e. The fraction of sp³-hybridized carbons (Fsp3) is 0.429. The normalized spacial score (nSPS) is 15.3. The quantitative estimate of drug-likeness (QED) is 0.717. The number of hydrogen-bond donors (Lipinski definition) is 1. The van der Waals surface area contributed by atoms with Crippen LogP contribution >= 0.6 is 0 Å². The molecule has 0 atom stereocenters. The molecule has 8 nitrogen and oxygen atoms in total. The van der Waals surface area contributed by atoms with Crippen LogP contribution in [-0.4, -0.2) is 60.2 Å². The number of sulfonamides is 1. The molecule has 0 bridgehead atoms. The molecule has 1 aliphatic heterocycles. The third kappa shape index (κ3) is 4.57. The summed E-state index contributed by atoms with van der Waals surface area (Å²) in [6, 6.07) is 8.93. The number of amides is 2. The number of aromatic nitrogens is 1. The van der Waals surface area contributed by atoms with Gasteiger partial charge in [0.15, 0.2) is 0 Å². The maximum absolute atomic E-state index is 12.9. The van der Waals surface area contributed by atoms with E-state index in [2.05, 4.69) is 6.92 Å². The topological polar surface area (TPSA) is 106 Å². The highest BCUT2D eigenvalue weighted by Gasteiger charge is 2.31. The minimum atomic E-state index is -3.76. The molecule has 0 spiro atoms. The van der Waals surface area contributed by atoms with E-state index in [4.69, 9.17) is 5.73 Å². The Morgan fingerprint density at radius 1 is 1.07 bits per heavy atom. The molecule has 1 saturated heterocycles.